The minimum atomic E-state index is -0.315. The van der Waals surface area contributed by atoms with Gasteiger partial charge in [-0.25, -0.2) is 24.3 Å². The quantitative estimate of drug-likeness (QED) is 0.514. The smallest absolute Gasteiger partial charge is 0.232 e. The van der Waals surface area contributed by atoms with E-state index in [1.165, 1.54) is 12.1 Å². The fourth-order valence-electron chi connectivity index (χ4n) is 3.13. The number of nitrogens with zero attached hydrogens (tertiary/aromatic N) is 6. The van der Waals surface area contributed by atoms with Crippen molar-refractivity contribution in [1.29, 1.82) is 0 Å². The molecule has 0 radical (unpaired) electrons. The fraction of sp³-hybridized carbons (Fsp3) is 0.0952. The number of benzene rings is 1. The number of hydrogen-bond acceptors (Lipinski definition) is 9. The van der Waals surface area contributed by atoms with Crippen LogP contribution in [0.15, 0.2) is 70.7 Å². The number of hydrogen-bond donors (Lipinski definition) is 2. The summed E-state index contributed by atoms with van der Waals surface area (Å²) in [5.74, 6) is 1.19. The Morgan fingerprint density at radius 1 is 1.06 bits per heavy atom. The first-order valence-electron chi connectivity index (χ1n) is 9.51. The molecule has 1 aliphatic rings. The minimum absolute atomic E-state index is 0.315. The molecule has 0 spiro atoms. The number of aryl methyl sites for hydroxylation is 1. The number of rotatable bonds is 4. The van der Waals surface area contributed by atoms with E-state index >= 15 is 0 Å². The molecule has 9 nitrogen and oxygen atoms in total. The van der Waals surface area contributed by atoms with Crippen LogP contribution in [-0.4, -0.2) is 32.6 Å². The lowest BCUT2D eigenvalue weighted by molar-refractivity contribution is 0.461. The van der Waals surface area contributed by atoms with Crippen molar-refractivity contribution in [3.63, 3.8) is 0 Å². The molecule has 3 aromatic heterocycles. The monoisotopic (exact) mass is 416 g/mol. The van der Waals surface area contributed by atoms with Crippen molar-refractivity contribution in [3.05, 3.63) is 72.6 Å². The molecule has 4 heterocycles. The van der Waals surface area contributed by atoms with Gasteiger partial charge in [0.1, 0.15) is 5.82 Å². The Morgan fingerprint density at radius 3 is 2.68 bits per heavy atom. The topological polar surface area (TPSA) is 104 Å². The summed E-state index contributed by atoms with van der Waals surface area (Å²) in [5, 5.41) is 10.5. The van der Waals surface area contributed by atoms with Crippen LogP contribution in [0, 0.1) is 12.7 Å². The molecular formula is C21H17FN8O. The van der Waals surface area contributed by atoms with Crippen molar-refractivity contribution in [2.45, 2.75) is 6.92 Å². The third-order valence-corrected chi connectivity index (χ3v) is 4.66. The normalized spacial score (nSPS) is 13.4. The molecule has 4 aromatic rings. The molecule has 0 saturated carbocycles. The molecular weight excluding hydrogens is 399 g/mol. The van der Waals surface area contributed by atoms with Gasteiger partial charge in [-0.1, -0.05) is 5.16 Å². The first-order chi connectivity index (χ1) is 15.2. The molecule has 0 saturated heterocycles. The standard InChI is InChI=1S/C21H17FN8O/c1-13-12-26-17-18(31-29-19(17)27-15-6-4-14(22)5-7-15)16(13)28-21-25-10-3-11-30(21)20-23-8-2-9-24-20/h2-10,12H,11H2,1H3,(H,27,29)(H,25,26,28). The van der Waals surface area contributed by atoms with Gasteiger partial charge in [0, 0.05) is 37.0 Å². The first kappa shape index (κ1) is 18.7. The van der Waals surface area contributed by atoms with Crippen LogP contribution >= 0.6 is 0 Å². The van der Waals surface area contributed by atoms with E-state index in [-0.39, 0.29) is 5.82 Å². The highest BCUT2D eigenvalue weighted by atomic mass is 19.1. The number of nitrogens with one attached hydrogen (secondary N) is 2. The van der Waals surface area contributed by atoms with Gasteiger partial charge in [0.2, 0.25) is 23.3 Å². The first-order valence-corrected chi connectivity index (χ1v) is 9.51. The van der Waals surface area contributed by atoms with Gasteiger partial charge >= 0.3 is 0 Å². The van der Waals surface area contributed by atoms with Gasteiger partial charge in [-0.15, -0.1) is 0 Å². The number of halogens is 1. The number of aromatic nitrogens is 4. The molecule has 0 bridgehead atoms. The fourth-order valence-corrected chi connectivity index (χ4v) is 3.13. The summed E-state index contributed by atoms with van der Waals surface area (Å²) in [5.41, 5.74) is 3.20. The second kappa shape index (κ2) is 7.82. The number of guanidine groups is 1. The summed E-state index contributed by atoms with van der Waals surface area (Å²) >= 11 is 0. The van der Waals surface area contributed by atoms with Crippen molar-refractivity contribution in [3.8, 4) is 0 Å². The van der Waals surface area contributed by atoms with Crippen LogP contribution in [0.4, 0.5) is 27.5 Å². The van der Waals surface area contributed by atoms with Gasteiger partial charge in [0.15, 0.2) is 5.52 Å². The minimum Gasteiger partial charge on any atom is -0.350 e. The van der Waals surface area contributed by atoms with Gasteiger partial charge in [-0.05, 0) is 48.9 Å². The molecule has 31 heavy (non-hydrogen) atoms. The van der Waals surface area contributed by atoms with Gasteiger partial charge in [0.25, 0.3) is 0 Å². The third-order valence-electron chi connectivity index (χ3n) is 4.66. The van der Waals surface area contributed by atoms with E-state index in [1.54, 1.807) is 43.0 Å². The summed E-state index contributed by atoms with van der Waals surface area (Å²) in [4.78, 5) is 19.4. The van der Waals surface area contributed by atoms with E-state index in [4.69, 9.17) is 4.52 Å². The molecule has 0 unspecified atom stereocenters. The average Bonchev–Trinajstić information content (AvgIpc) is 3.21. The van der Waals surface area contributed by atoms with E-state index in [2.05, 4.69) is 35.7 Å². The van der Waals surface area contributed by atoms with E-state index in [0.29, 0.717) is 46.7 Å². The van der Waals surface area contributed by atoms with Crippen molar-refractivity contribution in [2.75, 3.05) is 22.1 Å². The number of aliphatic imine (C=N–C) groups is 1. The lowest BCUT2D eigenvalue weighted by Gasteiger charge is -2.25. The second-order valence-electron chi connectivity index (χ2n) is 6.78. The highest BCUT2D eigenvalue weighted by Gasteiger charge is 2.22. The van der Waals surface area contributed by atoms with Gasteiger partial charge < -0.3 is 15.2 Å². The van der Waals surface area contributed by atoms with Gasteiger partial charge in [-0.3, -0.25) is 4.90 Å². The predicted octanol–water partition coefficient (Wildman–Crippen LogP) is 4.01. The molecule has 0 fully saturated rings. The predicted molar refractivity (Wildman–Crippen MR) is 116 cm³/mol. The Morgan fingerprint density at radius 2 is 1.87 bits per heavy atom. The highest BCUT2D eigenvalue weighted by molar-refractivity contribution is 6.10. The molecule has 0 aliphatic carbocycles. The maximum atomic E-state index is 13.2. The molecule has 10 heteroatoms. The van der Waals surface area contributed by atoms with E-state index in [9.17, 15) is 4.39 Å². The third kappa shape index (κ3) is 3.66. The van der Waals surface area contributed by atoms with Crippen LogP contribution in [0.1, 0.15) is 5.56 Å². The number of anilines is 4. The number of fused-ring (bicyclic) bond motifs is 1. The van der Waals surface area contributed by atoms with Crippen molar-refractivity contribution in [2.24, 2.45) is 4.99 Å². The number of pyridine rings is 1. The zero-order valence-electron chi connectivity index (χ0n) is 16.5. The van der Waals surface area contributed by atoms with Crippen molar-refractivity contribution in [1.82, 2.24) is 20.1 Å². The lowest BCUT2D eigenvalue weighted by atomic mass is 10.2. The maximum absolute atomic E-state index is 13.2. The zero-order valence-corrected chi connectivity index (χ0v) is 16.5. The lowest BCUT2D eigenvalue weighted by Crippen LogP contribution is -2.39. The Bertz CT molecular complexity index is 1280. The summed E-state index contributed by atoms with van der Waals surface area (Å²) in [7, 11) is 0. The van der Waals surface area contributed by atoms with Gasteiger partial charge in [-0.2, -0.15) is 0 Å². The summed E-state index contributed by atoms with van der Waals surface area (Å²) < 4.78 is 18.8. The molecule has 1 aliphatic heterocycles. The van der Waals surface area contributed by atoms with E-state index in [1.807, 2.05) is 17.9 Å². The molecule has 0 atom stereocenters. The molecule has 2 N–H and O–H groups in total. The molecule has 154 valence electrons. The SMILES string of the molecule is Cc1cnc2c(Nc3ccc(F)cc3)noc2c1NC1=NC=CCN1c1ncccn1. The average molecular weight is 416 g/mol. The molecule has 1 aromatic carbocycles. The second-order valence-corrected chi connectivity index (χ2v) is 6.78. The van der Waals surface area contributed by atoms with Crippen LogP contribution in [0.2, 0.25) is 0 Å². The Hall–Kier alpha value is -4.34. The Balaban J connectivity index is 1.49. The Kier molecular flexibility index (Phi) is 4.71. The van der Waals surface area contributed by atoms with E-state index in [0.717, 1.165) is 5.56 Å². The summed E-state index contributed by atoms with van der Waals surface area (Å²) in [6.07, 6.45) is 8.71. The zero-order chi connectivity index (χ0) is 21.2. The van der Waals surface area contributed by atoms with Crippen LogP contribution in [-0.2, 0) is 0 Å². The Labute approximate surface area is 176 Å². The van der Waals surface area contributed by atoms with Crippen LogP contribution in [0.3, 0.4) is 0 Å². The van der Waals surface area contributed by atoms with Crippen LogP contribution in [0.25, 0.3) is 11.1 Å². The summed E-state index contributed by atoms with van der Waals surface area (Å²) in [6, 6.07) is 7.72. The van der Waals surface area contributed by atoms with Crippen LogP contribution < -0.4 is 15.5 Å². The van der Waals surface area contributed by atoms with E-state index < -0.39 is 0 Å². The van der Waals surface area contributed by atoms with Gasteiger partial charge in [0.05, 0.1) is 5.69 Å². The van der Waals surface area contributed by atoms with Crippen LogP contribution in [0.5, 0.6) is 0 Å². The largest absolute Gasteiger partial charge is 0.350 e. The molecule has 0 amide bonds. The highest BCUT2D eigenvalue weighted by Crippen LogP contribution is 2.32. The van der Waals surface area contributed by atoms with Crippen molar-refractivity contribution < 1.29 is 8.91 Å². The maximum Gasteiger partial charge on any atom is 0.232 e. The molecule has 5 rings (SSSR count). The summed E-state index contributed by atoms with van der Waals surface area (Å²) in [6.45, 7) is 2.48. The van der Waals surface area contributed by atoms with Crippen molar-refractivity contribution >= 4 is 40.2 Å².